The van der Waals surface area contributed by atoms with E-state index in [1.165, 1.54) is 89.9 Å². The average Bonchev–Trinajstić information content (AvgIpc) is 2.65. The lowest BCUT2D eigenvalue weighted by Crippen LogP contribution is -2.01. The van der Waals surface area contributed by atoms with E-state index in [2.05, 4.69) is 24.4 Å². The number of nitrogens with one attached hydrogen (secondary N) is 1. The Kier molecular flexibility index (Phi) is 18.1. The van der Waals surface area contributed by atoms with Crippen LogP contribution < -0.4 is 5.32 Å². The number of hydrogen-bond acceptors (Lipinski definition) is 2. The summed E-state index contributed by atoms with van der Waals surface area (Å²) in [5.74, 6) is 0. The number of unbranched alkanes of at least 4 members (excludes halogenated alkanes) is 13. The highest BCUT2D eigenvalue weighted by molar-refractivity contribution is 5.85. The number of rotatable bonds is 17. The molecule has 0 heterocycles. The van der Waals surface area contributed by atoms with E-state index in [4.69, 9.17) is 0 Å². The van der Waals surface area contributed by atoms with Gasteiger partial charge in [-0.05, 0) is 31.0 Å². The van der Waals surface area contributed by atoms with E-state index in [9.17, 15) is 5.11 Å². The van der Waals surface area contributed by atoms with Crippen LogP contribution in [0, 0.1) is 0 Å². The molecule has 0 spiro atoms. The summed E-state index contributed by atoms with van der Waals surface area (Å²) in [7, 11) is 0. The molecule has 27 heavy (non-hydrogen) atoms. The standard InChI is InChI=1S/C24H43NO.ClH/c1-3-4-5-6-7-8-9-10-11-12-13-14-15-16-21-25-24-19-17-23(18-20-24)22(2)26;/h17-20,22,25-26H,3-16,21H2,1-2H3;1H. The van der Waals surface area contributed by atoms with Gasteiger partial charge < -0.3 is 10.4 Å². The lowest BCUT2D eigenvalue weighted by atomic mass is 10.0. The summed E-state index contributed by atoms with van der Waals surface area (Å²) >= 11 is 0. The Bertz CT molecular complexity index is 419. The summed E-state index contributed by atoms with van der Waals surface area (Å²) < 4.78 is 0. The van der Waals surface area contributed by atoms with E-state index in [1.807, 2.05) is 12.1 Å². The van der Waals surface area contributed by atoms with Crippen molar-refractivity contribution in [3.05, 3.63) is 29.8 Å². The molecule has 0 fully saturated rings. The van der Waals surface area contributed by atoms with E-state index < -0.39 is 0 Å². The quantitative estimate of drug-likeness (QED) is 0.260. The first-order valence-electron chi connectivity index (χ1n) is 11.3. The highest BCUT2D eigenvalue weighted by atomic mass is 35.5. The molecule has 0 aliphatic heterocycles. The lowest BCUT2D eigenvalue weighted by Gasteiger charge is -2.09. The second-order valence-corrected chi connectivity index (χ2v) is 7.82. The van der Waals surface area contributed by atoms with Gasteiger partial charge in [0.2, 0.25) is 0 Å². The van der Waals surface area contributed by atoms with Crippen molar-refractivity contribution in [2.45, 2.75) is 110 Å². The van der Waals surface area contributed by atoms with Crippen LogP contribution in [-0.4, -0.2) is 11.7 Å². The zero-order valence-electron chi connectivity index (χ0n) is 17.8. The third-order valence-corrected chi connectivity index (χ3v) is 5.25. The molecule has 0 saturated carbocycles. The topological polar surface area (TPSA) is 32.3 Å². The number of anilines is 1. The van der Waals surface area contributed by atoms with E-state index in [1.54, 1.807) is 6.92 Å². The van der Waals surface area contributed by atoms with Crippen molar-refractivity contribution in [2.75, 3.05) is 11.9 Å². The molecular formula is C24H44ClNO. The molecule has 0 aliphatic carbocycles. The Morgan fingerprint density at radius 2 is 1.11 bits per heavy atom. The van der Waals surface area contributed by atoms with Gasteiger partial charge in [0.1, 0.15) is 0 Å². The Morgan fingerprint density at radius 1 is 0.704 bits per heavy atom. The van der Waals surface area contributed by atoms with Crippen LogP contribution in [0.3, 0.4) is 0 Å². The number of aliphatic hydroxyl groups excluding tert-OH is 1. The summed E-state index contributed by atoms with van der Waals surface area (Å²) in [5.41, 5.74) is 2.14. The minimum atomic E-state index is -0.380. The van der Waals surface area contributed by atoms with Gasteiger partial charge in [0.15, 0.2) is 0 Å². The Hall–Kier alpha value is -0.730. The van der Waals surface area contributed by atoms with Gasteiger partial charge in [0.25, 0.3) is 0 Å². The summed E-state index contributed by atoms with van der Waals surface area (Å²) in [6, 6.07) is 8.12. The largest absolute Gasteiger partial charge is 0.389 e. The second-order valence-electron chi connectivity index (χ2n) is 7.82. The molecule has 1 aromatic rings. The van der Waals surface area contributed by atoms with Gasteiger partial charge in [-0.15, -0.1) is 12.4 Å². The fraction of sp³-hybridized carbons (Fsp3) is 0.750. The first kappa shape index (κ1) is 26.3. The molecule has 1 rings (SSSR count). The van der Waals surface area contributed by atoms with Crippen LogP contribution in [0.2, 0.25) is 0 Å². The highest BCUT2D eigenvalue weighted by Gasteiger charge is 1.99. The van der Waals surface area contributed by atoms with Crippen LogP contribution in [0.1, 0.15) is 115 Å². The number of aliphatic hydroxyl groups is 1. The molecule has 0 bridgehead atoms. The van der Waals surface area contributed by atoms with Crippen molar-refractivity contribution in [1.82, 2.24) is 0 Å². The fourth-order valence-corrected chi connectivity index (χ4v) is 3.43. The third-order valence-electron chi connectivity index (χ3n) is 5.25. The molecule has 0 aliphatic rings. The number of benzene rings is 1. The van der Waals surface area contributed by atoms with Crippen LogP contribution in [-0.2, 0) is 0 Å². The fourth-order valence-electron chi connectivity index (χ4n) is 3.43. The van der Waals surface area contributed by atoms with Crippen molar-refractivity contribution in [3.63, 3.8) is 0 Å². The highest BCUT2D eigenvalue weighted by Crippen LogP contribution is 2.16. The Labute approximate surface area is 174 Å². The predicted octanol–water partition coefficient (Wildman–Crippen LogP) is 8.05. The van der Waals surface area contributed by atoms with E-state index in [0.717, 1.165) is 17.8 Å². The molecule has 1 unspecified atom stereocenters. The van der Waals surface area contributed by atoms with Crippen molar-refractivity contribution in [1.29, 1.82) is 0 Å². The molecule has 0 radical (unpaired) electrons. The minimum Gasteiger partial charge on any atom is -0.389 e. The lowest BCUT2D eigenvalue weighted by molar-refractivity contribution is 0.199. The van der Waals surface area contributed by atoms with Crippen LogP contribution in [0.15, 0.2) is 24.3 Å². The van der Waals surface area contributed by atoms with Gasteiger partial charge in [-0.1, -0.05) is 103 Å². The summed E-state index contributed by atoms with van der Waals surface area (Å²) in [5, 5.41) is 13.0. The van der Waals surface area contributed by atoms with Crippen LogP contribution in [0.5, 0.6) is 0 Å². The van der Waals surface area contributed by atoms with Crippen molar-refractivity contribution < 1.29 is 5.11 Å². The second kappa shape index (κ2) is 18.6. The van der Waals surface area contributed by atoms with Crippen LogP contribution >= 0.6 is 12.4 Å². The van der Waals surface area contributed by atoms with Crippen molar-refractivity contribution in [2.24, 2.45) is 0 Å². The van der Waals surface area contributed by atoms with Crippen LogP contribution in [0.4, 0.5) is 5.69 Å². The molecule has 0 amide bonds. The molecule has 1 aromatic carbocycles. The normalized spacial score (nSPS) is 11.8. The molecule has 3 heteroatoms. The van der Waals surface area contributed by atoms with Gasteiger partial charge in [0.05, 0.1) is 6.10 Å². The van der Waals surface area contributed by atoms with Gasteiger partial charge in [-0.2, -0.15) is 0 Å². The zero-order chi connectivity index (χ0) is 18.9. The van der Waals surface area contributed by atoms with Crippen molar-refractivity contribution in [3.8, 4) is 0 Å². The SMILES string of the molecule is CCCCCCCCCCCCCCCCNc1ccc(C(C)O)cc1.Cl. The van der Waals surface area contributed by atoms with Gasteiger partial charge in [-0.25, -0.2) is 0 Å². The molecule has 2 nitrogen and oxygen atoms in total. The molecule has 0 aromatic heterocycles. The third kappa shape index (κ3) is 14.9. The molecule has 0 saturated heterocycles. The maximum Gasteiger partial charge on any atom is 0.0761 e. The Balaban J connectivity index is 0.00000676. The van der Waals surface area contributed by atoms with Gasteiger partial charge in [0, 0.05) is 12.2 Å². The summed E-state index contributed by atoms with van der Waals surface area (Å²) in [4.78, 5) is 0. The maximum absolute atomic E-state index is 9.51. The van der Waals surface area contributed by atoms with E-state index in [-0.39, 0.29) is 18.5 Å². The number of halogens is 1. The zero-order valence-corrected chi connectivity index (χ0v) is 18.7. The predicted molar refractivity (Wildman–Crippen MR) is 123 cm³/mol. The van der Waals surface area contributed by atoms with Gasteiger partial charge >= 0.3 is 0 Å². The average molecular weight is 398 g/mol. The smallest absolute Gasteiger partial charge is 0.0761 e. The molecule has 158 valence electrons. The van der Waals surface area contributed by atoms with Gasteiger partial charge in [-0.3, -0.25) is 0 Å². The monoisotopic (exact) mass is 397 g/mol. The van der Waals surface area contributed by atoms with E-state index in [0.29, 0.717) is 0 Å². The van der Waals surface area contributed by atoms with Crippen LogP contribution in [0.25, 0.3) is 0 Å². The van der Waals surface area contributed by atoms with Crippen molar-refractivity contribution >= 4 is 18.1 Å². The molecule has 2 N–H and O–H groups in total. The Morgan fingerprint density at radius 3 is 1.52 bits per heavy atom. The number of hydrogen-bond donors (Lipinski definition) is 2. The summed E-state index contributed by atoms with van der Waals surface area (Å²) in [6.45, 7) is 5.14. The maximum atomic E-state index is 9.51. The molecule has 1 atom stereocenters. The minimum absolute atomic E-state index is 0. The first-order valence-corrected chi connectivity index (χ1v) is 11.3. The summed E-state index contributed by atoms with van der Waals surface area (Å²) in [6.07, 6.45) is 19.3. The van der Waals surface area contributed by atoms with E-state index >= 15 is 0 Å². The first-order chi connectivity index (χ1) is 12.7. The molecular weight excluding hydrogens is 354 g/mol.